The van der Waals surface area contributed by atoms with Crippen LogP contribution in [0.5, 0.6) is 0 Å². The maximum atomic E-state index is 11.5. The van der Waals surface area contributed by atoms with Crippen LogP contribution in [0.15, 0.2) is 0 Å². The summed E-state index contributed by atoms with van der Waals surface area (Å²) < 4.78 is 0. The lowest BCUT2D eigenvalue weighted by atomic mass is 9.76. The number of aliphatic carboxylic acids is 1. The third-order valence-electron chi connectivity index (χ3n) is 5.09. The van der Waals surface area contributed by atoms with Gasteiger partial charge in [0.15, 0.2) is 0 Å². The highest BCUT2D eigenvalue weighted by Crippen LogP contribution is 2.38. The van der Waals surface area contributed by atoms with Crippen LogP contribution in [0.25, 0.3) is 0 Å². The third kappa shape index (κ3) is 3.32. The molecule has 1 N–H and O–H groups in total. The van der Waals surface area contributed by atoms with Crippen molar-refractivity contribution in [3.05, 3.63) is 0 Å². The monoisotopic (exact) mass is 278 g/mol. The Balaban J connectivity index is 2.09. The van der Waals surface area contributed by atoms with Crippen molar-refractivity contribution in [3.63, 3.8) is 0 Å². The zero-order valence-corrected chi connectivity index (χ0v) is 12.6. The average molecular weight is 278 g/mol. The average Bonchev–Trinajstić information content (AvgIpc) is 2.44. The molecule has 0 aromatic carbocycles. The minimum absolute atomic E-state index is 0.344. The summed E-state index contributed by atoms with van der Waals surface area (Å²) in [5, 5.41) is 18.6. The van der Waals surface area contributed by atoms with Gasteiger partial charge in [-0.25, -0.2) is 0 Å². The van der Waals surface area contributed by atoms with Crippen molar-refractivity contribution < 1.29 is 9.90 Å². The first-order valence-electron chi connectivity index (χ1n) is 7.84. The number of hydrogen-bond donors (Lipinski definition) is 1. The van der Waals surface area contributed by atoms with Crippen LogP contribution in [0.2, 0.25) is 0 Å². The molecule has 0 aromatic rings. The number of piperidine rings is 1. The molecule has 112 valence electrons. The van der Waals surface area contributed by atoms with Crippen LogP contribution in [0.4, 0.5) is 0 Å². The maximum absolute atomic E-state index is 11.5. The summed E-state index contributed by atoms with van der Waals surface area (Å²) in [7, 11) is 0. The minimum atomic E-state index is -0.691. The molecule has 0 radical (unpaired) electrons. The van der Waals surface area contributed by atoms with E-state index in [1.807, 2.05) is 13.8 Å². The van der Waals surface area contributed by atoms with E-state index >= 15 is 0 Å². The van der Waals surface area contributed by atoms with E-state index in [1.165, 1.54) is 19.3 Å². The molecule has 0 amide bonds. The van der Waals surface area contributed by atoms with Gasteiger partial charge in [-0.2, -0.15) is 5.26 Å². The van der Waals surface area contributed by atoms with E-state index in [2.05, 4.69) is 11.0 Å². The summed E-state index contributed by atoms with van der Waals surface area (Å²) in [5.41, 5.74) is -0.370. The fourth-order valence-electron chi connectivity index (χ4n) is 3.78. The Morgan fingerprint density at radius 1 is 1.30 bits per heavy atom. The van der Waals surface area contributed by atoms with Crippen molar-refractivity contribution in [2.75, 3.05) is 6.54 Å². The molecule has 1 saturated heterocycles. The van der Waals surface area contributed by atoms with Gasteiger partial charge in [0.2, 0.25) is 0 Å². The van der Waals surface area contributed by atoms with Crippen LogP contribution in [-0.2, 0) is 4.79 Å². The number of carbonyl (C=O) groups is 1. The molecule has 4 heteroatoms. The SMILES string of the molecule is CC(C)(C#N)CCN1C(C(=O)O)CCC2CCCCC21. The lowest BCUT2D eigenvalue weighted by molar-refractivity contribution is -0.148. The van der Waals surface area contributed by atoms with Crippen molar-refractivity contribution in [1.82, 2.24) is 4.90 Å². The minimum Gasteiger partial charge on any atom is -0.480 e. The van der Waals surface area contributed by atoms with Gasteiger partial charge in [0.1, 0.15) is 6.04 Å². The molecule has 1 heterocycles. The van der Waals surface area contributed by atoms with Crippen molar-refractivity contribution >= 4 is 5.97 Å². The van der Waals surface area contributed by atoms with Crippen LogP contribution in [0.1, 0.15) is 58.8 Å². The zero-order valence-electron chi connectivity index (χ0n) is 12.6. The van der Waals surface area contributed by atoms with Crippen LogP contribution in [0.3, 0.4) is 0 Å². The molecule has 2 rings (SSSR count). The summed E-state index contributed by atoms with van der Waals surface area (Å²) in [6.45, 7) is 4.61. The van der Waals surface area contributed by atoms with Gasteiger partial charge in [-0.1, -0.05) is 12.8 Å². The summed E-state index contributed by atoms with van der Waals surface area (Å²) in [6.07, 6.45) is 7.44. The van der Waals surface area contributed by atoms with Gasteiger partial charge < -0.3 is 5.11 Å². The Labute approximate surface area is 121 Å². The van der Waals surface area contributed by atoms with Crippen molar-refractivity contribution in [3.8, 4) is 6.07 Å². The van der Waals surface area contributed by atoms with Gasteiger partial charge in [-0.05, 0) is 51.9 Å². The van der Waals surface area contributed by atoms with Gasteiger partial charge >= 0.3 is 5.97 Å². The van der Waals surface area contributed by atoms with Crippen molar-refractivity contribution in [1.29, 1.82) is 5.26 Å². The van der Waals surface area contributed by atoms with E-state index in [-0.39, 0.29) is 11.5 Å². The molecule has 20 heavy (non-hydrogen) atoms. The summed E-state index contributed by atoms with van der Waals surface area (Å²) in [5.74, 6) is -0.0201. The Bertz CT molecular complexity index is 400. The third-order valence-corrected chi connectivity index (χ3v) is 5.09. The normalized spacial score (nSPS) is 31.4. The molecule has 1 saturated carbocycles. The first kappa shape index (κ1) is 15.3. The Morgan fingerprint density at radius 2 is 2.00 bits per heavy atom. The standard InChI is InChI=1S/C16H26N2O2/c1-16(2,11-17)9-10-18-13-6-4-3-5-12(13)7-8-14(18)15(19)20/h12-14H,3-10H2,1-2H3,(H,19,20). The largest absolute Gasteiger partial charge is 0.480 e. The number of rotatable bonds is 4. The zero-order chi connectivity index (χ0) is 14.8. The Kier molecular flexibility index (Phi) is 4.70. The van der Waals surface area contributed by atoms with Crippen molar-refractivity contribution in [2.45, 2.75) is 70.9 Å². The summed E-state index contributed by atoms with van der Waals surface area (Å²) in [6, 6.07) is 2.40. The van der Waals surface area contributed by atoms with Gasteiger partial charge in [0, 0.05) is 12.6 Å². The van der Waals surface area contributed by atoms with E-state index in [1.54, 1.807) is 0 Å². The van der Waals surface area contributed by atoms with Crippen LogP contribution in [0, 0.1) is 22.7 Å². The molecule has 3 atom stereocenters. The molecular formula is C16H26N2O2. The molecule has 4 nitrogen and oxygen atoms in total. The second-order valence-electron chi connectivity index (χ2n) is 7.03. The molecule has 2 aliphatic rings. The number of nitriles is 1. The van der Waals surface area contributed by atoms with E-state index in [0.717, 1.165) is 32.2 Å². The van der Waals surface area contributed by atoms with Crippen LogP contribution >= 0.6 is 0 Å². The van der Waals surface area contributed by atoms with Gasteiger partial charge in [-0.15, -0.1) is 0 Å². The molecule has 0 aromatic heterocycles. The lowest BCUT2D eigenvalue weighted by Gasteiger charge is -2.47. The first-order valence-corrected chi connectivity index (χ1v) is 7.84. The Hall–Kier alpha value is -1.08. The second-order valence-corrected chi connectivity index (χ2v) is 7.03. The molecule has 0 bridgehead atoms. The maximum Gasteiger partial charge on any atom is 0.320 e. The number of likely N-dealkylation sites (tertiary alicyclic amines) is 1. The first-order chi connectivity index (χ1) is 9.44. The topological polar surface area (TPSA) is 64.3 Å². The number of hydrogen-bond acceptors (Lipinski definition) is 3. The highest BCUT2D eigenvalue weighted by atomic mass is 16.4. The molecule has 0 spiro atoms. The highest BCUT2D eigenvalue weighted by molar-refractivity contribution is 5.73. The van der Waals surface area contributed by atoms with E-state index < -0.39 is 5.97 Å². The van der Waals surface area contributed by atoms with E-state index in [4.69, 9.17) is 5.26 Å². The van der Waals surface area contributed by atoms with Crippen LogP contribution < -0.4 is 0 Å². The summed E-state index contributed by atoms with van der Waals surface area (Å²) >= 11 is 0. The fourth-order valence-corrected chi connectivity index (χ4v) is 3.78. The second kappa shape index (κ2) is 6.13. The Morgan fingerprint density at radius 3 is 2.65 bits per heavy atom. The van der Waals surface area contributed by atoms with Crippen LogP contribution in [-0.4, -0.2) is 34.6 Å². The smallest absolute Gasteiger partial charge is 0.320 e. The lowest BCUT2D eigenvalue weighted by Crippen LogP contribution is -2.55. The quantitative estimate of drug-likeness (QED) is 0.858. The van der Waals surface area contributed by atoms with E-state index in [9.17, 15) is 9.90 Å². The number of carboxylic acid groups (broad SMARTS) is 1. The predicted octanol–water partition coefficient (Wildman–Crippen LogP) is 3.03. The molecular weight excluding hydrogens is 252 g/mol. The summed E-state index contributed by atoms with van der Waals surface area (Å²) in [4.78, 5) is 13.7. The fraction of sp³-hybridized carbons (Fsp3) is 0.875. The predicted molar refractivity (Wildman–Crippen MR) is 77.1 cm³/mol. The van der Waals surface area contributed by atoms with Gasteiger partial charge in [-0.3, -0.25) is 9.69 Å². The highest BCUT2D eigenvalue weighted by Gasteiger charge is 2.41. The molecule has 1 aliphatic heterocycles. The molecule has 2 fully saturated rings. The molecule has 1 aliphatic carbocycles. The number of nitrogens with zero attached hydrogens (tertiary/aromatic N) is 2. The number of fused-ring (bicyclic) bond motifs is 1. The van der Waals surface area contributed by atoms with Gasteiger partial charge in [0.25, 0.3) is 0 Å². The molecule has 3 unspecified atom stereocenters. The number of carboxylic acids is 1. The van der Waals surface area contributed by atoms with Gasteiger partial charge in [0.05, 0.1) is 11.5 Å². The van der Waals surface area contributed by atoms with E-state index in [0.29, 0.717) is 12.0 Å². The van der Waals surface area contributed by atoms with Crippen molar-refractivity contribution in [2.24, 2.45) is 11.3 Å².